The lowest BCUT2D eigenvalue weighted by atomic mass is 9.85. The zero-order chi connectivity index (χ0) is 32.5. The first-order chi connectivity index (χ1) is 19.9. The third-order valence-corrected chi connectivity index (χ3v) is 6.20. The van der Waals surface area contributed by atoms with Crippen molar-refractivity contribution >= 4 is 46.9 Å². The molecule has 0 heterocycles. The first kappa shape index (κ1) is 34.8. The number of carbonyl (C=O) groups excluding carboxylic acids is 5. The number of hydrazine groups is 1. The number of hydrogen-bond acceptors (Lipinski definition) is 7. The van der Waals surface area contributed by atoms with E-state index >= 15 is 0 Å². The Morgan fingerprint density at radius 3 is 2.12 bits per heavy atom. The SMILES string of the molecule is C/C=C/C(=O)N(CC(=O)OC(C)(C)C)NC(=O)C(NC(=O)[C@@H](NC(=O)c1ccc(N)c(Cl)c1)C(C)(C)C)c1ccccc1. The number of amides is 4. The van der Waals surface area contributed by atoms with Gasteiger partial charge in [-0.3, -0.25) is 29.4 Å². The van der Waals surface area contributed by atoms with Crippen LogP contribution in [0.15, 0.2) is 60.7 Å². The van der Waals surface area contributed by atoms with Crippen LogP contribution in [0.5, 0.6) is 0 Å². The standard InChI is InChI=1S/C31H40ClN5O6/c1-8-12-23(38)37(18-24(39)43-31(5,6)7)36-28(41)25(19-13-10-9-11-14-19)34-29(42)26(30(2,3)4)35-27(40)20-15-16-22(33)21(32)17-20/h8-17,25-26H,18,33H2,1-7H3,(H,34,42)(H,35,40)(H,36,41)/b12-8+/t25?,26-/m1/s1. The van der Waals surface area contributed by atoms with Crippen molar-refractivity contribution in [2.75, 3.05) is 12.3 Å². The Labute approximate surface area is 257 Å². The second-order valence-corrected chi connectivity index (χ2v) is 12.3. The number of allylic oxidation sites excluding steroid dienone is 1. The van der Waals surface area contributed by atoms with Crippen molar-refractivity contribution in [3.8, 4) is 0 Å². The zero-order valence-corrected chi connectivity index (χ0v) is 26.2. The molecule has 2 rings (SSSR count). The topological polar surface area (TPSA) is 160 Å². The van der Waals surface area contributed by atoms with Crippen molar-refractivity contribution < 1.29 is 28.7 Å². The highest BCUT2D eigenvalue weighted by molar-refractivity contribution is 6.33. The Morgan fingerprint density at radius 1 is 0.953 bits per heavy atom. The highest BCUT2D eigenvalue weighted by Crippen LogP contribution is 2.24. The fourth-order valence-electron chi connectivity index (χ4n) is 3.84. The van der Waals surface area contributed by atoms with Crippen molar-refractivity contribution in [1.82, 2.24) is 21.1 Å². The fraction of sp³-hybridized carbons (Fsp3) is 0.387. The first-order valence-corrected chi connectivity index (χ1v) is 14.0. The van der Waals surface area contributed by atoms with E-state index in [1.807, 2.05) is 0 Å². The number of anilines is 1. The smallest absolute Gasteiger partial charge is 0.328 e. The number of nitrogens with two attached hydrogens (primary N) is 1. The molecule has 0 fully saturated rings. The molecule has 0 aliphatic rings. The number of hydrogen-bond donors (Lipinski definition) is 4. The Kier molecular flexibility index (Phi) is 11.9. The predicted molar refractivity (Wildman–Crippen MR) is 164 cm³/mol. The number of nitrogens with zero attached hydrogens (tertiary/aromatic N) is 1. The van der Waals surface area contributed by atoms with Gasteiger partial charge in [0.25, 0.3) is 17.7 Å². The van der Waals surface area contributed by atoms with Gasteiger partial charge in [0.05, 0.1) is 10.7 Å². The molecule has 2 aromatic carbocycles. The number of nitrogen functional groups attached to an aromatic ring is 1. The molecule has 0 aliphatic heterocycles. The van der Waals surface area contributed by atoms with Gasteiger partial charge in [0, 0.05) is 11.6 Å². The highest BCUT2D eigenvalue weighted by atomic mass is 35.5. The molecule has 12 heteroatoms. The number of benzene rings is 2. The minimum absolute atomic E-state index is 0.189. The Morgan fingerprint density at radius 2 is 1.58 bits per heavy atom. The quantitative estimate of drug-likeness (QED) is 0.145. The van der Waals surface area contributed by atoms with E-state index in [1.165, 1.54) is 30.4 Å². The molecule has 2 atom stereocenters. The summed E-state index contributed by atoms with van der Waals surface area (Å²) < 4.78 is 5.31. The van der Waals surface area contributed by atoms with Gasteiger partial charge < -0.3 is 21.1 Å². The number of carbonyl (C=O) groups is 5. The molecule has 43 heavy (non-hydrogen) atoms. The summed E-state index contributed by atoms with van der Waals surface area (Å²) in [6.07, 6.45) is 2.63. The molecule has 11 nitrogen and oxygen atoms in total. The number of halogens is 1. The second kappa shape index (κ2) is 14.7. The lowest BCUT2D eigenvalue weighted by Crippen LogP contribution is -2.57. The van der Waals surface area contributed by atoms with Crippen LogP contribution in [0, 0.1) is 5.41 Å². The van der Waals surface area contributed by atoms with Crippen LogP contribution >= 0.6 is 11.6 Å². The van der Waals surface area contributed by atoms with Crippen molar-refractivity contribution in [3.05, 3.63) is 76.8 Å². The molecule has 4 amide bonds. The normalized spacial score (nSPS) is 13.0. The van der Waals surface area contributed by atoms with E-state index in [-0.39, 0.29) is 10.6 Å². The predicted octanol–water partition coefficient (Wildman–Crippen LogP) is 3.70. The minimum Gasteiger partial charge on any atom is -0.459 e. The van der Waals surface area contributed by atoms with Gasteiger partial charge in [-0.05, 0) is 56.9 Å². The monoisotopic (exact) mass is 613 g/mol. The van der Waals surface area contributed by atoms with Crippen molar-refractivity contribution in [2.24, 2.45) is 5.41 Å². The summed E-state index contributed by atoms with van der Waals surface area (Å²) in [7, 11) is 0. The van der Waals surface area contributed by atoms with Gasteiger partial charge in [0.2, 0.25) is 5.91 Å². The lowest BCUT2D eigenvalue weighted by Gasteiger charge is -2.32. The summed E-state index contributed by atoms with van der Waals surface area (Å²) in [5, 5.41) is 6.42. The number of rotatable bonds is 9. The van der Waals surface area contributed by atoms with Gasteiger partial charge in [-0.2, -0.15) is 0 Å². The Hall–Kier alpha value is -4.38. The molecule has 5 N–H and O–H groups in total. The third kappa shape index (κ3) is 10.8. The van der Waals surface area contributed by atoms with Crippen LogP contribution in [0.2, 0.25) is 5.02 Å². The Balaban J connectivity index is 2.37. The Bertz CT molecular complexity index is 1360. The molecule has 0 saturated carbocycles. The lowest BCUT2D eigenvalue weighted by molar-refractivity contribution is -0.160. The van der Waals surface area contributed by atoms with Crippen LogP contribution < -0.4 is 21.8 Å². The number of esters is 1. The molecule has 0 saturated heterocycles. The summed E-state index contributed by atoms with van der Waals surface area (Å²) in [4.78, 5) is 65.7. The van der Waals surface area contributed by atoms with Crippen molar-refractivity contribution in [3.63, 3.8) is 0 Å². The van der Waals surface area contributed by atoms with Crippen molar-refractivity contribution in [1.29, 1.82) is 0 Å². The molecular weight excluding hydrogens is 574 g/mol. The summed E-state index contributed by atoms with van der Waals surface area (Å²) >= 11 is 6.07. The second-order valence-electron chi connectivity index (χ2n) is 11.8. The minimum atomic E-state index is -1.30. The molecule has 0 spiro atoms. The van der Waals surface area contributed by atoms with Crippen molar-refractivity contribution in [2.45, 2.75) is 66.2 Å². The van der Waals surface area contributed by atoms with Crippen LogP contribution in [0.4, 0.5) is 5.69 Å². The largest absolute Gasteiger partial charge is 0.459 e. The summed E-state index contributed by atoms with van der Waals surface area (Å²) in [5.41, 5.74) is 7.47. The average Bonchev–Trinajstić information content (AvgIpc) is 2.90. The van der Waals surface area contributed by atoms with Gasteiger partial charge in [-0.1, -0.05) is 68.8 Å². The highest BCUT2D eigenvalue weighted by Gasteiger charge is 2.36. The van der Waals surface area contributed by atoms with Crippen LogP contribution in [0.25, 0.3) is 0 Å². The maximum atomic E-state index is 13.7. The van der Waals surface area contributed by atoms with Gasteiger partial charge in [0.1, 0.15) is 24.2 Å². The molecule has 1 unspecified atom stereocenters. The van der Waals surface area contributed by atoms with Crippen LogP contribution in [0.1, 0.15) is 70.4 Å². The van der Waals surface area contributed by atoms with E-state index in [2.05, 4.69) is 16.1 Å². The summed E-state index contributed by atoms with van der Waals surface area (Å²) in [5.74, 6) is -3.46. The van der Waals surface area contributed by atoms with E-state index in [0.717, 1.165) is 5.01 Å². The number of nitrogens with one attached hydrogen (secondary N) is 3. The maximum Gasteiger partial charge on any atom is 0.328 e. The van der Waals surface area contributed by atoms with Gasteiger partial charge in [0.15, 0.2) is 0 Å². The fourth-order valence-corrected chi connectivity index (χ4v) is 4.02. The molecule has 0 aliphatic carbocycles. The molecule has 0 bridgehead atoms. The van der Waals surface area contributed by atoms with E-state index < -0.39 is 59.2 Å². The van der Waals surface area contributed by atoms with E-state index in [0.29, 0.717) is 11.3 Å². The molecular formula is C31H40ClN5O6. The van der Waals surface area contributed by atoms with Gasteiger partial charge in [-0.25, -0.2) is 5.01 Å². The van der Waals surface area contributed by atoms with Crippen LogP contribution in [-0.4, -0.2) is 52.8 Å². The van der Waals surface area contributed by atoms with E-state index in [1.54, 1.807) is 78.8 Å². The molecule has 2 aromatic rings. The molecule has 0 aromatic heterocycles. The van der Waals surface area contributed by atoms with Gasteiger partial charge in [-0.15, -0.1) is 0 Å². The van der Waals surface area contributed by atoms with E-state index in [4.69, 9.17) is 22.1 Å². The first-order valence-electron chi connectivity index (χ1n) is 13.6. The summed E-state index contributed by atoms with van der Waals surface area (Å²) in [6, 6.07) is 10.3. The molecule has 232 valence electrons. The maximum absolute atomic E-state index is 13.7. The molecule has 0 radical (unpaired) electrons. The third-order valence-electron chi connectivity index (χ3n) is 5.88. The van der Waals surface area contributed by atoms with Crippen LogP contribution in [-0.2, 0) is 23.9 Å². The number of ether oxygens (including phenoxy) is 1. The average molecular weight is 614 g/mol. The summed E-state index contributed by atoms with van der Waals surface area (Å²) in [6.45, 7) is 11.3. The van der Waals surface area contributed by atoms with Gasteiger partial charge >= 0.3 is 5.97 Å². The zero-order valence-electron chi connectivity index (χ0n) is 25.5. The van der Waals surface area contributed by atoms with Crippen LogP contribution in [0.3, 0.4) is 0 Å². The van der Waals surface area contributed by atoms with E-state index in [9.17, 15) is 24.0 Å².